The molecule has 4 aromatic rings. The molecule has 22 heavy (non-hydrogen) atoms. The molecular formula is C18H13N3O. The summed E-state index contributed by atoms with van der Waals surface area (Å²) in [5.41, 5.74) is 4.96. The first-order valence-corrected chi connectivity index (χ1v) is 7.03. The van der Waals surface area contributed by atoms with E-state index in [0.29, 0.717) is 0 Å². The lowest BCUT2D eigenvalue weighted by Crippen LogP contribution is -2.01. The zero-order valence-electron chi connectivity index (χ0n) is 11.7. The van der Waals surface area contributed by atoms with E-state index >= 15 is 0 Å². The summed E-state index contributed by atoms with van der Waals surface area (Å²) in [5.74, 6) is 0. The van der Waals surface area contributed by atoms with Crippen molar-refractivity contribution in [3.05, 3.63) is 83.5 Å². The fourth-order valence-corrected chi connectivity index (χ4v) is 2.58. The van der Waals surface area contributed by atoms with Gasteiger partial charge in [0, 0.05) is 18.0 Å². The Morgan fingerprint density at radius 2 is 1.73 bits per heavy atom. The van der Waals surface area contributed by atoms with Crippen molar-refractivity contribution in [3.8, 4) is 16.8 Å². The van der Waals surface area contributed by atoms with Gasteiger partial charge < -0.3 is 4.98 Å². The lowest BCUT2D eigenvalue weighted by molar-refractivity contribution is 1.09. The van der Waals surface area contributed by atoms with Crippen LogP contribution in [-0.2, 0) is 0 Å². The van der Waals surface area contributed by atoms with Gasteiger partial charge in [-0.15, -0.1) is 0 Å². The van der Waals surface area contributed by atoms with Crippen LogP contribution in [0.2, 0.25) is 0 Å². The largest absolute Gasteiger partial charge is 0.328 e. The van der Waals surface area contributed by atoms with Gasteiger partial charge in [-0.05, 0) is 41.5 Å². The molecule has 106 valence electrons. The third-order valence-electron chi connectivity index (χ3n) is 3.70. The van der Waals surface area contributed by atoms with E-state index in [0.717, 1.165) is 27.8 Å². The molecule has 1 N–H and O–H groups in total. The van der Waals surface area contributed by atoms with Crippen LogP contribution < -0.4 is 5.56 Å². The van der Waals surface area contributed by atoms with E-state index in [4.69, 9.17) is 0 Å². The quantitative estimate of drug-likeness (QED) is 0.614. The predicted molar refractivity (Wildman–Crippen MR) is 87.1 cm³/mol. The summed E-state index contributed by atoms with van der Waals surface area (Å²) in [6, 6.07) is 19.6. The van der Waals surface area contributed by atoms with Crippen LogP contribution in [0.5, 0.6) is 0 Å². The molecule has 4 nitrogen and oxygen atoms in total. The molecule has 0 aliphatic rings. The summed E-state index contributed by atoms with van der Waals surface area (Å²) < 4.78 is 2.06. The van der Waals surface area contributed by atoms with Gasteiger partial charge in [0.15, 0.2) is 0 Å². The van der Waals surface area contributed by atoms with Gasteiger partial charge in [0.25, 0.3) is 0 Å². The second-order valence-electron chi connectivity index (χ2n) is 5.10. The Morgan fingerprint density at radius 3 is 2.50 bits per heavy atom. The van der Waals surface area contributed by atoms with Crippen LogP contribution in [0.15, 0.2) is 78.0 Å². The highest BCUT2D eigenvalue weighted by atomic mass is 16.1. The fourth-order valence-electron chi connectivity index (χ4n) is 2.58. The van der Waals surface area contributed by atoms with Crippen LogP contribution in [0.3, 0.4) is 0 Å². The van der Waals surface area contributed by atoms with Crippen molar-refractivity contribution in [1.82, 2.24) is 14.5 Å². The highest BCUT2D eigenvalue weighted by Gasteiger charge is 2.06. The predicted octanol–water partition coefficient (Wildman–Crippen LogP) is 3.38. The van der Waals surface area contributed by atoms with Crippen LogP contribution in [0, 0.1) is 0 Å². The lowest BCUT2D eigenvalue weighted by atomic mass is 10.1. The van der Waals surface area contributed by atoms with Crippen molar-refractivity contribution in [1.29, 1.82) is 0 Å². The molecule has 0 unspecified atom stereocenters. The number of nitrogens with zero attached hydrogens (tertiary/aromatic N) is 2. The number of hydrogen-bond acceptors (Lipinski definition) is 2. The number of H-pyrrole nitrogens is 1. The molecule has 4 heteroatoms. The minimum atomic E-state index is -0.0989. The Bertz CT molecular complexity index is 979. The van der Waals surface area contributed by atoms with Crippen LogP contribution in [0.4, 0.5) is 0 Å². The summed E-state index contributed by atoms with van der Waals surface area (Å²) >= 11 is 0. The maximum Gasteiger partial charge on any atom is 0.247 e. The zero-order chi connectivity index (χ0) is 14.9. The molecule has 0 spiro atoms. The van der Waals surface area contributed by atoms with Crippen LogP contribution >= 0.6 is 0 Å². The molecule has 2 aromatic carbocycles. The van der Waals surface area contributed by atoms with Gasteiger partial charge in [0.1, 0.15) is 6.33 Å². The monoisotopic (exact) mass is 287 g/mol. The van der Waals surface area contributed by atoms with Crippen molar-refractivity contribution >= 4 is 11.0 Å². The number of imidazole rings is 1. The van der Waals surface area contributed by atoms with E-state index in [1.165, 1.54) is 6.07 Å². The van der Waals surface area contributed by atoms with E-state index < -0.39 is 0 Å². The molecule has 2 aromatic heterocycles. The molecule has 0 atom stereocenters. The Hall–Kier alpha value is -3.14. The van der Waals surface area contributed by atoms with Gasteiger partial charge >= 0.3 is 0 Å². The molecular weight excluding hydrogens is 274 g/mol. The van der Waals surface area contributed by atoms with Crippen molar-refractivity contribution in [2.75, 3.05) is 0 Å². The van der Waals surface area contributed by atoms with Crippen LogP contribution in [-0.4, -0.2) is 14.5 Å². The summed E-state index contributed by atoms with van der Waals surface area (Å²) in [6.07, 6.45) is 3.55. The number of aromatic nitrogens is 3. The summed E-state index contributed by atoms with van der Waals surface area (Å²) in [5, 5.41) is 0. The summed E-state index contributed by atoms with van der Waals surface area (Å²) in [6.45, 7) is 0. The Morgan fingerprint density at radius 1 is 0.909 bits per heavy atom. The maximum atomic E-state index is 11.2. The van der Waals surface area contributed by atoms with Crippen LogP contribution in [0.25, 0.3) is 27.8 Å². The van der Waals surface area contributed by atoms with E-state index in [9.17, 15) is 4.79 Å². The van der Waals surface area contributed by atoms with Gasteiger partial charge in [0.2, 0.25) is 5.56 Å². The molecule has 0 aliphatic carbocycles. The second kappa shape index (κ2) is 5.00. The van der Waals surface area contributed by atoms with E-state index in [1.807, 2.05) is 42.7 Å². The van der Waals surface area contributed by atoms with Crippen molar-refractivity contribution in [2.24, 2.45) is 0 Å². The van der Waals surface area contributed by atoms with E-state index in [-0.39, 0.29) is 5.56 Å². The zero-order valence-corrected chi connectivity index (χ0v) is 11.7. The van der Waals surface area contributed by atoms with Gasteiger partial charge in [-0.25, -0.2) is 4.98 Å². The second-order valence-corrected chi connectivity index (χ2v) is 5.10. The molecule has 0 saturated heterocycles. The normalized spacial score (nSPS) is 10.9. The first kappa shape index (κ1) is 12.6. The third kappa shape index (κ3) is 2.11. The van der Waals surface area contributed by atoms with Crippen molar-refractivity contribution in [3.63, 3.8) is 0 Å². The number of pyridine rings is 1. The molecule has 0 amide bonds. The van der Waals surface area contributed by atoms with Gasteiger partial charge in [-0.2, -0.15) is 0 Å². The number of fused-ring (bicyclic) bond motifs is 1. The third-order valence-corrected chi connectivity index (χ3v) is 3.70. The number of para-hydroxylation sites is 1. The summed E-state index contributed by atoms with van der Waals surface area (Å²) in [7, 11) is 0. The minimum absolute atomic E-state index is 0.0989. The first-order chi connectivity index (χ1) is 10.8. The van der Waals surface area contributed by atoms with E-state index in [1.54, 1.807) is 6.20 Å². The average molecular weight is 287 g/mol. The van der Waals surface area contributed by atoms with Gasteiger partial charge in [-0.1, -0.05) is 24.3 Å². The van der Waals surface area contributed by atoms with Crippen molar-refractivity contribution < 1.29 is 0 Å². The van der Waals surface area contributed by atoms with E-state index in [2.05, 4.69) is 32.7 Å². The van der Waals surface area contributed by atoms with Gasteiger partial charge in [0.05, 0.1) is 11.0 Å². The highest BCUT2D eigenvalue weighted by Crippen LogP contribution is 2.24. The fraction of sp³-hybridized carbons (Fsp3) is 0. The maximum absolute atomic E-state index is 11.2. The smallest absolute Gasteiger partial charge is 0.247 e. The Balaban J connectivity index is 1.83. The number of hydrogen-bond donors (Lipinski definition) is 1. The first-order valence-electron chi connectivity index (χ1n) is 7.03. The standard InChI is InChI=1S/C18H13N3O/c22-18-9-7-14(11-19-18)13-6-8-17-16(10-13)20-12-21(17)15-4-2-1-3-5-15/h1-12H,(H,19,22). The molecule has 0 aliphatic heterocycles. The molecule has 0 saturated carbocycles. The highest BCUT2D eigenvalue weighted by molar-refractivity contribution is 5.83. The molecule has 0 bridgehead atoms. The molecule has 0 radical (unpaired) electrons. The SMILES string of the molecule is O=c1ccc(-c2ccc3c(c2)ncn3-c2ccccc2)c[nH]1. The topological polar surface area (TPSA) is 50.7 Å². The number of aromatic amines is 1. The minimum Gasteiger partial charge on any atom is -0.328 e. The summed E-state index contributed by atoms with van der Waals surface area (Å²) in [4.78, 5) is 18.3. The molecule has 4 rings (SSSR count). The van der Waals surface area contributed by atoms with Crippen LogP contribution in [0.1, 0.15) is 0 Å². The average Bonchev–Trinajstić information content (AvgIpc) is 2.99. The molecule has 0 fully saturated rings. The van der Waals surface area contributed by atoms with Crippen molar-refractivity contribution in [2.45, 2.75) is 0 Å². The Kier molecular flexibility index (Phi) is 2.86. The molecule has 2 heterocycles. The Labute approximate surface area is 126 Å². The number of nitrogens with one attached hydrogen (secondary N) is 1. The number of benzene rings is 2. The number of rotatable bonds is 2. The van der Waals surface area contributed by atoms with Gasteiger partial charge in [-0.3, -0.25) is 9.36 Å². The lowest BCUT2D eigenvalue weighted by Gasteiger charge is -2.05.